The number of hydrogen-bond acceptors (Lipinski definition) is 6. The van der Waals surface area contributed by atoms with E-state index in [1.807, 2.05) is 29.2 Å². The van der Waals surface area contributed by atoms with Crippen LogP contribution in [-0.4, -0.2) is 57.6 Å². The zero-order chi connectivity index (χ0) is 21.1. The van der Waals surface area contributed by atoms with Crippen molar-refractivity contribution in [2.24, 2.45) is 0 Å². The smallest absolute Gasteiger partial charge is 0.233 e. The lowest BCUT2D eigenvalue weighted by Gasteiger charge is -2.36. The van der Waals surface area contributed by atoms with Crippen molar-refractivity contribution in [1.29, 1.82) is 0 Å². The van der Waals surface area contributed by atoms with E-state index in [-0.39, 0.29) is 17.5 Å². The van der Waals surface area contributed by atoms with Gasteiger partial charge in [-0.15, -0.1) is 10.2 Å². The van der Waals surface area contributed by atoms with Gasteiger partial charge >= 0.3 is 0 Å². The second-order valence-electron chi connectivity index (χ2n) is 6.79. The molecule has 1 fully saturated rings. The molecule has 0 bridgehead atoms. The lowest BCUT2D eigenvalue weighted by Crippen LogP contribution is -2.49. The lowest BCUT2D eigenvalue weighted by molar-refractivity contribution is -0.128. The van der Waals surface area contributed by atoms with Gasteiger partial charge in [0.15, 0.2) is 5.82 Å². The van der Waals surface area contributed by atoms with Crippen molar-refractivity contribution in [2.45, 2.75) is 5.16 Å². The van der Waals surface area contributed by atoms with Gasteiger partial charge in [-0.05, 0) is 36.4 Å². The van der Waals surface area contributed by atoms with E-state index in [9.17, 15) is 9.18 Å². The maximum absolute atomic E-state index is 13.1. The van der Waals surface area contributed by atoms with Gasteiger partial charge in [-0.1, -0.05) is 39.8 Å². The number of halogens is 2. The van der Waals surface area contributed by atoms with E-state index in [2.05, 4.69) is 31.0 Å². The molecular weight excluding hydrogens is 471 g/mol. The van der Waals surface area contributed by atoms with Crippen molar-refractivity contribution in [3.05, 3.63) is 58.8 Å². The molecule has 0 unspecified atom stereocenters. The Balaban J connectivity index is 1.32. The highest BCUT2D eigenvalue weighted by Crippen LogP contribution is 2.28. The fourth-order valence-electron chi connectivity index (χ4n) is 3.29. The number of nitrogens with zero attached hydrogens (tertiary/aromatic N) is 5. The van der Waals surface area contributed by atoms with E-state index in [4.69, 9.17) is 5.84 Å². The van der Waals surface area contributed by atoms with Crippen LogP contribution in [0.15, 0.2) is 58.2 Å². The molecule has 1 aliphatic rings. The molecular formula is C20H20BrFN6OS. The average Bonchev–Trinajstić information content (AvgIpc) is 3.13. The van der Waals surface area contributed by atoms with Gasteiger partial charge in [0.2, 0.25) is 11.1 Å². The molecule has 0 spiro atoms. The van der Waals surface area contributed by atoms with E-state index in [0.717, 1.165) is 15.7 Å². The van der Waals surface area contributed by atoms with Crippen LogP contribution in [0.5, 0.6) is 0 Å². The summed E-state index contributed by atoms with van der Waals surface area (Å²) in [5.74, 6) is 6.71. The van der Waals surface area contributed by atoms with Gasteiger partial charge in [0.25, 0.3) is 0 Å². The van der Waals surface area contributed by atoms with Crippen molar-refractivity contribution >= 4 is 39.3 Å². The van der Waals surface area contributed by atoms with Crippen LogP contribution in [0.1, 0.15) is 0 Å². The zero-order valence-electron chi connectivity index (χ0n) is 16.0. The Bertz CT molecular complexity index is 1040. The summed E-state index contributed by atoms with van der Waals surface area (Å²) in [6.45, 7) is 2.66. The Labute approximate surface area is 186 Å². The van der Waals surface area contributed by atoms with Crippen molar-refractivity contribution in [3.63, 3.8) is 0 Å². The zero-order valence-corrected chi connectivity index (χ0v) is 18.4. The number of thioether (sulfide) groups is 1. The van der Waals surface area contributed by atoms with E-state index in [1.165, 1.54) is 28.6 Å². The number of piperazine rings is 1. The summed E-state index contributed by atoms with van der Waals surface area (Å²) in [5.41, 5.74) is 1.80. The standard InChI is InChI=1S/C20H20BrFN6OS/c21-17-4-2-1-3-16(17)19-24-25-20(28(19)23)30-13-18(29)27-11-9-26(10-12-27)15-7-5-14(22)6-8-15/h1-8H,9-13,23H2. The topological polar surface area (TPSA) is 80.3 Å². The van der Waals surface area contributed by atoms with E-state index in [1.54, 1.807) is 12.1 Å². The number of nitrogen functional groups attached to an aromatic ring is 1. The summed E-state index contributed by atoms with van der Waals surface area (Å²) >= 11 is 4.76. The monoisotopic (exact) mass is 490 g/mol. The van der Waals surface area contributed by atoms with E-state index in [0.29, 0.717) is 37.2 Å². The SMILES string of the molecule is Nn1c(SCC(=O)N2CCN(c3ccc(F)cc3)CC2)nnc1-c1ccccc1Br. The Kier molecular flexibility index (Phi) is 6.24. The molecule has 0 radical (unpaired) electrons. The first-order chi connectivity index (χ1) is 14.5. The highest BCUT2D eigenvalue weighted by atomic mass is 79.9. The summed E-state index contributed by atoms with van der Waals surface area (Å²) in [6.07, 6.45) is 0. The number of benzene rings is 2. The second-order valence-corrected chi connectivity index (χ2v) is 8.59. The Morgan fingerprint density at radius 1 is 1.07 bits per heavy atom. The molecule has 10 heteroatoms. The minimum atomic E-state index is -0.250. The Hall–Kier alpha value is -2.59. The number of carbonyl (C=O) groups excluding carboxylic acids is 1. The maximum atomic E-state index is 13.1. The number of nitrogens with two attached hydrogens (primary N) is 1. The summed E-state index contributed by atoms with van der Waals surface area (Å²) < 4.78 is 15.4. The Morgan fingerprint density at radius 2 is 1.77 bits per heavy atom. The third-order valence-electron chi connectivity index (χ3n) is 4.93. The Morgan fingerprint density at radius 3 is 2.47 bits per heavy atom. The maximum Gasteiger partial charge on any atom is 0.233 e. The van der Waals surface area contributed by atoms with Gasteiger partial charge in [-0.25, -0.2) is 9.07 Å². The van der Waals surface area contributed by atoms with Crippen LogP contribution in [0.25, 0.3) is 11.4 Å². The third-order valence-corrected chi connectivity index (χ3v) is 6.55. The quantitative estimate of drug-likeness (QED) is 0.437. The summed E-state index contributed by atoms with van der Waals surface area (Å²) in [7, 11) is 0. The fourth-order valence-corrected chi connectivity index (χ4v) is 4.51. The number of anilines is 1. The van der Waals surface area contributed by atoms with Gasteiger partial charge in [-0.2, -0.15) is 0 Å². The van der Waals surface area contributed by atoms with Gasteiger partial charge in [0.05, 0.1) is 5.75 Å². The first-order valence-electron chi connectivity index (χ1n) is 9.39. The molecule has 1 saturated heterocycles. The normalized spacial score (nSPS) is 14.2. The summed E-state index contributed by atoms with van der Waals surface area (Å²) in [5, 5.41) is 8.78. The first kappa shape index (κ1) is 20.7. The number of rotatable bonds is 5. The van der Waals surface area contributed by atoms with Gasteiger partial charge < -0.3 is 15.6 Å². The number of aromatic nitrogens is 3. The molecule has 2 N–H and O–H groups in total. The molecule has 3 aromatic rings. The largest absolute Gasteiger partial charge is 0.368 e. The third kappa shape index (κ3) is 4.44. The predicted molar refractivity (Wildman–Crippen MR) is 119 cm³/mol. The molecule has 156 valence electrons. The fraction of sp³-hybridized carbons (Fsp3) is 0.250. The van der Waals surface area contributed by atoms with E-state index < -0.39 is 0 Å². The van der Waals surface area contributed by atoms with Crippen LogP contribution in [0.4, 0.5) is 10.1 Å². The molecule has 7 nitrogen and oxygen atoms in total. The molecule has 1 aromatic heterocycles. The first-order valence-corrected chi connectivity index (χ1v) is 11.2. The van der Waals surface area contributed by atoms with Crippen LogP contribution in [-0.2, 0) is 4.79 Å². The van der Waals surface area contributed by atoms with Crippen molar-refractivity contribution < 1.29 is 9.18 Å². The number of hydrogen-bond donors (Lipinski definition) is 1. The second kappa shape index (κ2) is 9.05. The number of carbonyl (C=O) groups is 1. The highest BCUT2D eigenvalue weighted by Gasteiger charge is 2.22. The molecule has 0 atom stereocenters. The molecule has 1 amide bonds. The molecule has 2 heterocycles. The van der Waals surface area contributed by atoms with Gasteiger partial charge in [0, 0.05) is 41.9 Å². The van der Waals surface area contributed by atoms with Gasteiger partial charge in [-0.3, -0.25) is 4.79 Å². The summed E-state index contributed by atoms with van der Waals surface area (Å²) in [4.78, 5) is 16.6. The molecule has 30 heavy (non-hydrogen) atoms. The molecule has 4 rings (SSSR count). The van der Waals surface area contributed by atoms with Crippen molar-refractivity contribution in [3.8, 4) is 11.4 Å². The molecule has 0 saturated carbocycles. The van der Waals surface area contributed by atoms with Crippen LogP contribution in [0.2, 0.25) is 0 Å². The van der Waals surface area contributed by atoms with Crippen LogP contribution < -0.4 is 10.7 Å². The van der Waals surface area contributed by atoms with E-state index >= 15 is 0 Å². The molecule has 2 aromatic carbocycles. The van der Waals surface area contributed by atoms with Crippen LogP contribution >= 0.6 is 27.7 Å². The van der Waals surface area contributed by atoms with Crippen LogP contribution in [0, 0.1) is 5.82 Å². The van der Waals surface area contributed by atoms with Crippen molar-refractivity contribution in [2.75, 3.05) is 42.7 Å². The van der Waals surface area contributed by atoms with Crippen LogP contribution in [0.3, 0.4) is 0 Å². The lowest BCUT2D eigenvalue weighted by atomic mass is 10.2. The van der Waals surface area contributed by atoms with Gasteiger partial charge in [0.1, 0.15) is 5.82 Å². The number of amides is 1. The molecule has 0 aliphatic carbocycles. The average molecular weight is 491 g/mol. The predicted octanol–water partition coefficient (Wildman–Crippen LogP) is 3.00. The summed E-state index contributed by atoms with van der Waals surface area (Å²) in [6, 6.07) is 14.1. The minimum Gasteiger partial charge on any atom is -0.368 e. The molecule has 1 aliphatic heterocycles. The minimum absolute atomic E-state index is 0.0317. The van der Waals surface area contributed by atoms with Crippen molar-refractivity contribution in [1.82, 2.24) is 19.8 Å². The highest BCUT2D eigenvalue weighted by molar-refractivity contribution is 9.10.